The van der Waals surface area contributed by atoms with Crippen molar-refractivity contribution in [1.82, 2.24) is 5.32 Å². The van der Waals surface area contributed by atoms with Crippen LogP contribution in [-0.2, 0) is 9.53 Å². The first-order chi connectivity index (χ1) is 6.55. The molecule has 1 unspecified atom stereocenters. The fourth-order valence-corrected chi connectivity index (χ4v) is 1.37. The summed E-state index contributed by atoms with van der Waals surface area (Å²) >= 11 is 0. The lowest BCUT2D eigenvalue weighted by atomic mass is 10.0. The summed E-state index contributed by atoms with van der Waals surface area (Å²) in [6.07, 6.45) is 7.86. The molecule has 1 heterocycles. The van der Waals surface area contributed by atoms with E-state index in [2.05, 4.69) is 11.2 Å². The smallest absolute Gasteiger partial charge is 0.250 e. The minimum Gasteiger partial charge on any atom is -0.368 e. The number of nitrogens with one attached hydrogen (secondary N) is 1. The van der Waals surface area contributed by atoms with Gasteiger partial charge >= 0.3 is 0 Å². The van der Waals surface area contributed by atoms with Crippen molar-refractivity contribution in [2.24, 2.45) is 0 Å². The molecule has 0 aliphatic carbocycles. The Morgan fingerprint density at radius 1 is 1.57 bits per heavy atom. The Bertz CT molecular complexity index is 247. The van der Waals surface area contributed by atoms with Crippen LogP contribution in [0.15, 0.2) is 0 Å². The molecule has 1 rings (SSSR count). The van der Waals surface area contributed by atoms with Crippen LogP contribution in [0.25, 0.3) is 0 Å². The quantitative estimate of drug-likeness (QED) is 0.670. The van der Waals surface area contributed by atoms with Crippen LogP contribution in [0, 0.1) is 12.3 Å². The van der Waals surface area contributed by atoms with Crippen molar-refractivity contribution >= 4 is 5.91 Å². The average Bonchev–Trinajstić information content (AvgIpc) is 2.19. The number of hydrogen-bond acceptors (Lipinski definition) is 2. The lowest BCUT2D eigenvalue weighted by Crippen LogP contribution is -2.48. The molecule has 0 aromatic carbocycles. The number of carbonyl (C=O) groups excluding carboxylic acids is 1. The zero-order valence-electron chi connectivity index (χ0n) is 8.80. The largest absolute Gasteiger partial charge is 0.368 e. The predicted molar refractivity (Wildman–Crippen MR) is 54.6 cm³/mol. The molecule has 1 fully saturated rings. The fraction of sp³-hybridized carbons (Fsp3) is 0.727. The molecular weight excluding hydrogens is 178 g/mol. The SMILES string of the molecule is C#CC(C)(C)NC(=O)C1CCCCO1. The Balaban J connectivity index is 2.45. The highest BCUT2D eigenvalue weighted by Gasteiger charge is 2.26. The van der Waals surface area contributed by atoms with Gasteiger partial charge in [0.2, 0.25) is 5.91 Å². The van der Waals surface area contributed by atoms with Gasteiger partial charge in [-0.25, -0.2) is 0 Å². The zero-order valence-corrected chi connectivity index (χ0v) is 8.80. The third kappa shape index (κ3) is 3.04. The lowest BCUT2D eigenvalue weighted by Gasteiger charge is -2.26. The van der Waals surface area contributed by atoms with Crippen molar-refractivity contribution in [3.8, 4) is 12.3 Å². The molecule has 1 aliphatic rings. The maximum absolute atomic E-state index is 11.6. The van der Waals surface area contributed by atoms with E-state index in [1.165, 1.54) is 0 Å². The third-order valence-electron chi connectivity index (χ3n) is 2.27. The van der Waals surface area contributed by atoms with Gasteiger partial charge in [-0.3, -0.25) is 4.79 Å². The molecular formula is C11H17NO2. The standard InChI is InChI=1S/C11H17NO2/c1-4-11(2,3)12-10(13)9-7-5-6-8-14-9/h1,9H,5-8H2,2-3H3,(H,12,13). The molecule has 78 valence electrons. The van der Waals surface area contributed by atoms with Crippen LogP contribution in [0.4, 0.5) is 0 Å². The third-order valence-corrected chi connectivity index (χ3v) is 2.27. The van der Waals surface area contributed by atoms with E-state index < -0.39 is 5.54 Å². The normalized spacial score (nSPS) is 22.5. The Hall–Kier alpha value is -1.01. The van der Waals surface area contributed by atoms with E-state index in [4.69, 9.17) is 11.2 Å². The van der Waals surface area contributed by atoms with Crippen LogP contribution in [-0.4, -0.2) is 24.2 Å². The molecule has 0 aromatic rings. The van der Waals surface area contributed by atoms with Crippen molar-refractivity contribution in [2.75, 3.05) is 6.61 Å². The molecule has 14 heavy (non-hydrogen) atoms. The van der Waals surface area contributed by atoms with Gasteiger partial charge in [0, 0.05) is 6.61 Å². The van der Waals surface area contributed by atoms with Gasteiger partial charge in [-0.05, 0) is 33.1 Å². The van der Waals surface area contributed by atoms with E-state index in [0.29, 0.717) is 6.61 Å². The minimum atomic E-state index is -0.585. The van der Waals surface area contributed by atoms with Crippen LogP contribution in [0.1, 0.15) is 33.1 Å². The molecule has 1 aliphatic heterocycles. The molecule has 3 nitrogen and oxygen atoms in total. The van der Waals surface area contributed by atoms with Gasteiger partial charge in [0.1, 0.15) is 6.10 Å². The number of rotatable bonds is 2. The second kappa shape index (κ2) is 4.47. The van der Waals surface area contributed by atoms with Crippen molar-refractivity contribution in [2.45, 2.75) is 44.8 Å². The van der Waals surface area contributed by atoms with Crippen molar-refractivity contribution in [3.05, 3.63) is 0 Å². The number of amides is 1. The molecule has 0 aromatic heterocycles. The first-order valence-corrected chi connectivity index (χ1v) is 4.96. The summed E-state index contributed by atoms with van der Waals surface area (Å²) in [4.78, 5) is 11.6. The van der Waals surface area contributed by atoms with Crippen molar-refractivity contribution < 1.29 is 9.53 Å². The summed E-state index contributed by atoms with van der Waals surface area (Å²) in [5.41, 5.74) is -0.585. The van der Waals surface area contributed by atoms with Gasteiger partial charge in [-0.15, -0.1) is 6.42 Å². The van der Waals surface area contributed by atoms with Gasteiger partial charge in [-0.2, -0.15) is 0 Å². The molecule has 0 saturated carbocycles. The molecule has 0 spiro atoms. The molecule has 1 amide bonds. The van der Waals surface area contributed by atoms with E-state index in [0.717, 1.165) is 19.3 Å². The topological polar surface area (TPSA) is 38.3 Å². The number of hydrogen-bond donors (Lipinski definition) is 1. The van der Waals surface area contributed by atoms with Gasteiger partial charge in [-0.1, -0.05) is 5.92 Å². The van der Waals surface area contributed by atoms with Crippen molar-refractivity contribution in [3.63, 3.8) is 0 Å². The number of carbonyl (C=O) groups is 1. The predicted octanol–water partition coefficient (Wildman–Crippen LogP) is 1.08. The van der Waals surface area contributed by atoms with Crippen LogP contribution in [0.2, 0.25) is 0 Å². The Morgan fingerprint density at radius 3 is 2.79 bits per heavy atom. The van der Waals surface area contributed by atoms with E-state index in [1.54, 1.807) is 13.8 Å². The molecule has 0 bridgehead atoms. The minimum absolute atomic E-state index is 0.0901. The molecule has 0 radical (unpaired) electrons. The van der Waals surface area contributed by atoms with E-state index in [-0.39, 0.29) is 12.0 Å². The number of terminal acetylenes is 1. The van der Waals surface area contributed by atoms with Crippen LogP contribution >= 0.6 is 0 Å². The molecule has 1 N–H and O–H groups in total. The average molecular weight is 195 g/mol. The molecule has 1 saturated heterocycles. The van der Waals surface area contributed by atoms with Crippen LogP contribution in [0.5, 0.6) is 0 Å². The maximum atomic E-state index is 11.6. The first kappa shape index (κ1) is 11.1. The number of ether oxygens (including phenoxy) is 1. The highest BCUT2D eigenvalue weighted by atomic mass is 16.5. The highest BCUT2D eigenvalue weighted by Crippen LogP contribution is 2.13. The Morgan fingerprint density at radius 2 is 2.29 bits per heavy atom. The Labute approximate surface area is 85.2 Å². The summed E-state index contributed by atoms with van der Waals surface area (Å²) in [5.74, 6) is 2.43. The van der Waals surface area contributed by atoms with Crippen LogP contribution < -0.4 is 5.32 Å². The van der Waals surface area contributed by atoms with E-state index in [9.17, 15) is 4.79 Å². The monoisotopic (exact) mass is 195 g/mol. The van der Waals surface area contributed by atoms with Gasteiger partial charge < -0.3 is 10.1 Å². The highest BCUT2D eigenvalue weighted by molar-refractivity contribution is 5.81. The van der Waals surface area contributed by atoms with E-state index >= 15 is 0 Å². The zero-order chi connectivity index (χ0) is 10.6. The van der Waals surface area contributed by atoms with Crippen LogP contribution in [0.3, 0.4) is 0 Å². The second-order valence-corrected chi connectivity index (χ2v) is 4.11. The summed E-state index contributed by atoms with van der Waals surface area (Å²) in [7, 11) is 0. The van der Waals surface area contributed by atoms with Gasteiger partial charge in [0.15, 0.2) is 0 Å². The summed E-state index contributed by atoms with van der Waals surface area (Å²) in [5, 5.41) is 2.78. The van der Waals surface area contributed by atoms with E-state index in [1.807, 2.05) is 0 Å². The molecule has 3 heteroatoms. The van der Waals surface area contributed by atoms with Gasteiger partial charge in [0.25, 0.3) is 0 Å². The first-order valence-electron chi connectivity index (χ1n) is 4.96. The molecule has 1 atom stereocenters. The lowest BCUT2D eigenvalue weighted by molar-refractivity contribution is -0.136. The maximum Gasteiger partial charge on any atom is 0.250 e. The Kier molecular flexibility index (Phi) is 3.54. The van der Waals surface area contributed by atoms with Crippen molar-refractivity contribution in [1.29, 1.82) is 0 Å². The summed E-state index contributed by atoms with van der Waals surface area (Å²) < 4.78 is 5.35. The summed E-state index contributed by atoms with van der Waals surface area (Å²) in [6.45, 7) is 4.27. The summed E-state index contributed by atoms with van der Waals surface area (Å²) in [6, 6.07) is 0. The fourth-order valence-electron chi connectivity index (χ4n) is 1.37. The van der Waals surface area contributed by atoms with Gasteiger partial charge in [0.05, 0.1) is 5.54 Å². The second-order valence-electron chi connectivity index (χ2n) is 4.11.